The molecule has 1 N–H and O–H groups in total. The summed E-state index contributed by atoms with van der Waals surface area (Å²) < 4.78 is 2.81. The fraction of sp³-hybridized carbons (Fsp3) is 0.500. The molecule has 1 aliphatic heterocycles. The Morgan fingerprint density at radius 2 is 2.05 bits per heavy atom. The monoisotopic (exact) mass is 293 g/mol. The van der Waals surface area contributed by atoms with Crippen molar-refractivity contribution in [3.05, 3.63) is 27.9 Å². The number of carboxylic acid groups (broad SMARTS) is 1. The van der Waals surface area contributed by atoms with Crippen molar-refractivity contribution in [1.82, 2.24) is 14.0 Å². The molecule has 1 aromatic heterocycles. The van der Waals surface area contributed by atoms with Gasteiger partial charge in [0.05, 0.1) is 11.4 Å². The number of amides is 1. The molecule has 0 unspecified atom stereocenters. The lowest BCUT2D eigenvalue weighted by Gasteiger charge is -2.24. The number of carbonyl (C=O) groups excluding carboxylic acids is 1. The van der Waals surface area contributed by atoms with E-state index < -0.39 is 5.97 Å². The van der Waals surface area contributed by atoms with Gasteiger partial charge in [-0.25, -0.2) is 4.79 Å². The maximum absolute atomic E-state index is 12.4. The van der Waals surface area contributed by atoms with Crippen LogP contribution in [0.5, 0.6) is 0 Å². The van der Waals surface area contributed by atoms with Crippen molar-refractivity contribution in [2.45, 2.75) is 39.8 Å². The smallest absolute Gasteiger partial charge is 0.329 e. The number of carbonyl (C=O) groups is 2. The van der Waals surface area contributed by atoms with Crippen LogP contribution in [0, 0.1) is 6.92 Å². The number of hydrogen-bond acceptors (Lipinski definition) is 3. The highest BCUT2D eigenvalue weighted by Gasteiger charge is 2.26. The summed E-state index contributed by atoms with van der Waals surface area (Å²) in [6.07, 6.45) is 2.69. The summed E-state index contributed by atoms with van der Waals surface area (Å²) in [5.41, 5.74) is 1.49. The molecule has 2 rings (SSSR count). The predicted octanol–water partition coefficient (Wildman–Crippen LogP) is 0.656. The zero-order valence-corrected chi connectivity index (χ0v) is 12.4. The van der Waals surface area contributed by atoms with Crippen LogP contribution in [0.2, 0.25) is 0 Å². The second kappa shape index (κ2) is 5.59. The first-order valence-electron chi connectivity index (χ1n) is 6.83. The standard InChI is InChI=1S/C14H19N3O4/c1-4-10-13-9(2)17(8-12(19)20)14(21)16(13)7-5-6-11(18)15(10)3/h4H,5-8H2,1-3H3,(H,19,20)/b10-4+. The quantitative estimate of drug-likeness (QED) is 0.868. The first-order chi connectivity index (χ1) is 9.88. The molecule has 0 saturated heterocycles. The van der Waals surface area contributed by atoms with Crippen LogP contribution in [-0.2, 0) is 22.7 Å². The average Bonchev–Trinajstić information content (AvgIpc) is 2.63. The van der Waals surface area contributed by atoms with E-state index in [1.807, 2.05) is 0 Å². The van der Waals surface area contributed by atoms with Crippen molar-refractivity contribution in [2.24, 2.45) is 0 Å². The van der Waals surface area contributed by atoms with Crippen molar-refractivity contribution in [1.29, 1.82) is 0 Å². The Bertz CT molecular complexity index is 681. The minimum Gasteiger partial charge on any atom is -0.480 e. The second-order valence-electron chi connectivity index (χ2n) is 5.08. The van der Waals surface area contributed by atoms with Crippen molar-refractivity contribution in [2.75, 3.05) is 7.05 Å². The van der Waals surface area contributed by atoms with Crippen LogP contribution in [0.25, 0.3) is 5.70 Å². The van der Waals surface area contributed by atoms with E-state index in [-0.39, 0.29) is 18.1 Å². The molecule has 0 aromatic carbocycles. The highest BCUT2D eigenvalue weighted by molar-refractivity contribution is 5.86. The van der Waals surface area contributed by atoms with E-state index >= 15 is 0 Å². The Morgan fingerprint density at radius 1 is 1.38 bits per heavy atom. The SMILES string of the molecule is C/C=C1\c2c(C)n(CC(=O)O)c(=O)n2CCCC(=O)N1C. The summed E-state index contributed by atoms with van der Waals surface area (Å²) in [5, 5.41) is 8.96. The van der Waals surface area contributed by atoms with Crippen LogP contribution < -0.4 is 5.69 Å². The highest BCUT2D eigenvalue weighted by atomic mass is 16.4. The van der Waals surface area contributed by atoms with Gasteiger partial charge in [-0.1, -0.05) is 6.08 Å². The van der Waals surface area contributed by atoms with Gasteiger partial charge >= 0.3 is 11.7 Å². The molecular formula is C14H19N3O4. The highest BCUT2D eigenvalue weighted by Crippen LogP contribution is 2.24. The number of nitrogens with zero attached hydrogens (tertiary/aromatic N) is 3. The topological polar surface area (TPSA) is 84.5 Å². The van der Waals surface area contributed by atoms with Gasteiger partial charge < -0.3 is 10.0 Å². The Kier molecular flexibility index (Phi) is 4.02. The number of aliphatic carboxylic acids is 1. The van der Waals surface area contributed by atoms with E-state index in [1.165, 1.54) is 9.47 Å². The fourth-order valence-electron chi connectivity index (χ4n) is 2.74. The van der Waals surface area contributed by atoms with Gasteiger partial charge in [0, 0.05) is 25.7 Å². The van der Waals surface area contributed by atoms with Crippen LogP contribution in [-0.4, -0.2) is 38.1 Å². The lowest BCUT2D eigenvalue weighted by atomic mass is 10.1. The van der Waals surface area contributed by atoms with Gasteiger partial charge in [0.25, 0.3) is 0 Å². The summed E-state index contributed by atoms with van der Waals surface area (Å²) >= 11 is 0. The number of imidazole rings is 1. The molecule has 21 heavy (non-hydrogen) atoms. The molecule has 7 nitrogen and oxygen atoms in total. The number of rotatable bonds is 2. The molecule has 0 radical (unpaired) electrons. The maximum atomic E-state index is 12.4. The molecule has 0 spiro atoms. The lowest BCUT2D eigenvalue weighted by Crippen LogP contribution is -2.32. The molecule has 7 heteroatoms. The largest absolute Gasteiger partial charge is 0.480 e. The summed E-state index contributed by atoms with van der Waals surface area (Å²) in [6, 6.07) is 0. The second-order valence-corrected chi connectivity index (χ2v) is 5.08. The Hall–Kier alpha value is -2.31. The van der Waals surface area contributed by atoms with Crippen molar-refractivity contribution >= 4 is 17.6 Å². The first-order valence-corrected chi connectivity index (χ1v) is 6.83. The summed E-state index contributed by atoms with van der Waals surface area (Å²) in [4.78, 5) is 36.9. The number of allylic oxidation sites excluding steroid dienone is 1. The van der Waals surface area contributed by atoms with Gasteiger partial charge in [0.2, 0.25) is 5.91 Å². The Morgan fingerprint density at radius 3 is 2.62 bits per heavy atom. The van der Waals surface area contributed by atoms with Crippen molar-refractivity contribution in [3.63, 3.8) is 0 Å². The molecule has 0 saturated carbocycles. The number of aromatic nitrogens is 2. The van der Waals surface area contributed by atoms with Crippen LogP contribution in [0.15, 0.2) is 10.9 Å². The summed E-state index contributed by atoms with van der Waals surface area (Å²) in [5.74, 6) is -1.07. The van der Waals surface area contributed by atoms with E-state index in [0.717, 1.165) is 0 Å². The predicted molar refractivity (Wildman–Crippen MR) is 76.7 cm³/mol. The molecule has 1 aromatic rings. The molecule has 1 aliphatic rings. The number of hydrogen-bond donors (Lipinski definition) is 1. The average molecular weight is 293 g/mol. The Labute approximate surface area is 122 Å². The molecule has 0 atom stereocenters. The van der Waals surface area contributed by atoms with E-state index in [4.69, 9.17) is 5.11 Å². The zero-order chi connectivity index (χ0) is 15.7. The third-order valence-electron chi connectivity index (χ3n) is 3.80. The maximum Gasteiger partial charge on any atom is 0.329 e. The van der Waals surface area contributed by atoms with E-state index in [0.29, 0.717) is 36.5 Å². The third-order valence-corrected chi connectivity index (χ3v) is 3.80. The van der Waals surface area contributed by atoms with Crippen LogP contribution in [0.4, 0.5) is 0 Å². The normalized spacial score (nSPS) is 17.6. The third kappa shape index (κ3) is 2.51. The molecule has 114 valence electrons. The van der Waals surface area contributed by atoms with Gasteiger partial charge in [-0.15, -0.1) is 0 Å². The van der Waals surface area contributed by atoms with Gasteiger partial charge in [0.1, 0.15) is 6.54 Å². The van der Waals surface area contributed by atoms with Gasteiger partial charge in [-0.3, -0.25) is 18.7 Å². The molecule has 0 bridgehead atoms. The Balaban J connectivity index is 2.69. The fourth-order valence-corrected chi connectivity index (χ4v) is 2.74. The van der Waals surface area contributed by atoms with Crippen molar-refractivity contribution in [3.8, 4) is 0 Å². The minimum absolute atomic E-state index is 0.00724. The van der Waals surface area contributed by atoms with Gasteiger partial charge in [0.15, 0.2) is 0 Å². The van der Waals surface area contributed by atoms with Gasteiger partial charge in [-0.05, 0) is 20.3 Å². The molecule has 0 fully saturated rings. The number of fused-ring (bicyclic) bond motifs is 1. The number of carboxylic acids is 1. The minimum atomic E-state index is -1.06. The van der Waals surface area contributed by atoms with Crippen LogP contribution in [0.3, 0.4) is 0 Å². The first kappa shape index (κ1) is 15.1. The van der Waals surface area contributed by atoms with Crippen LogP contribution in [0.1, 0.15) is 31.2 Å². The zero-order valence-electron chi connectivity index (χ0n) is 12.4. The van der Waals surface area contributed by atoms with E-state index in [9.17, 15) is 14.4 Å². The molecule has 2 heterocycles. The summed E-state index contributed by atoms with van der Waals surface area (Å²) in [7, 11) is 1.67. The molecule has 1 amide bonds. The van der Waals surface area contributed by atoms with Crippen LogP contribution >= 0.6 is 0 Å². The van der Waals surface area contributed by atoms with Crippen molar-refractivity contribution < 1.29 is 14.7 Å². The molecular weight excluding hydrogens is 274 g/mol. The van der Waals surface area contributed by atoms with E-state index in [1.54, 1.807) is 31.5 Å². The van der Waals surface area contributed by atoms with E-state index in [2.05, 4.69) is 0 Å². The lowest BCUT2D eigenvalue weighted by molar-refractivity contribution is -0.137. The summed E-state index contributed by atoms with van der Waals surface area (Å²) in [6.45, 7) is 3.54. The molecule has 0 aliphatic carbocycles. The van der Waals surface area contributed by atoms with Gasteiger partial charge in [-0.2, -0.15) is 0 Å².